The minimum atomic E-state index is 1.11. The first kappa shape index (κ1) is 31.6. The summed E-state index contributed by atoms with van der Waals surface area (Å²) in [6.07, 6.45) is 0. The molecule has 0 fully saturated rings. The predicted molar refractivity (Wildman–Crippen MR) is 229 cm³/mol. The summed E-state index contributed by atoms with van der Waals surface area (Å²) in [5, 5.41) is 5.06. The molecule has 0 N–H and O–H groups in total. The van der Waals surface area contributed by atoms with Crippen molar-refractivity contribution in [2.75, 3.05) is 4.90 Å². The van der Waals surface area contributed by atoms with Crippen LogP contribution in [0.5, 0.6) is 0 Å². The Bertz CT molecular complexity index is 2890. The highest BCUT2D eigenvalue weighted by Gasteiger charge is 2.16. The van der Waals surface area contributed by atoms with Gasteiger partial charge in [0.05, 0.1) is 11.0 Å². The average Bonchev–Trinajstić information content (AvgIpc) is 3.57. The van der Waals surface area contributed by atoms with Crippen LogP contribution >= 0.6 is 0 Å². The minimum absolute atomic E-state index is 1.11. The number of aromatic nitrogens is 1. The fraction of sp³-hybridized carbons (Fsp3) is 0. The zero-order valence-corrected chi connectivity index (χ0v) is 29.7. The zero-order chi connectivity index (χ0) is 35.8. The molecule has 54 heavy (non-hydrogen) atoms. The van der Waals surface area contributed by atoms with E-state index in [1.165, 1.54) is 66.0 Å². The van der Waals surface area contributed by atoms with E-state index >= 15 is 0 Å². The number of rotatable bonds is 7. The minimum Gasteiger partial charge on any atom is -0.311 e. The number of anilines is 3. The Balaban J connectivity index is 0.997. The van der Waals surface area contributed by atoms with Crippen molar-refractivity contribution in [3.05, 3.63) is 218 Å². The molecule has 1 aromatic heterocycles. The van der Waals surface area contributed by atoms with E-state index in [1.54, 1.807) is 0 Å². The fourth-order valence-electron chi connectivity index (χ4n) is 7.96. The second kappa shape index (κ2) is 13.4. The van der Waals surface area contributed by atoms with Crippen molar-refractivity contribution < 1.29 is 0 Å². The highest BCUT2D eigenvalue weighted by atomic mass is 15.1. The first-order valence-electron chi connectivity index (χ1n) is 18.5. The highest BCUT2D eigenvalue weighted by Crippen LogP contribution is 2.39. The van der Waals surface area contributed by atoms with Crippen molar-refractivity contribution in [2.24, 2.45) is 0 Å². The first-order chi connectivity index (χ1) is 26.8. The summed E-state index contributed by atoms with van der Waals surface area (Å²) in [4.78, 5) is 2.32. The molecule has 2 nitrogen and oxygen atoms in total. The summed E-state index contributed by atoms with van der Waals surface area (Å²) in [6.45, 7) is 0. The Morgan fingerprint density at radius 2 is 0.759 bits per heavy atom. The molecule has 2 heteroatoms. The third-order valence-electron chi connectivity index (χ3n) is 10.6. The van der Waals surface area contributed by atoms with Crippen molar-refractivity contribution in [1.82, 2.24) is 4.57 Å². The second-order valence-corrected chi connectivity index (χ2v) is 13.8. The quantitative estimate of drug-likeness (QED) is 0.162. The summed E-state index contributed by atoms with van der Waals surface area (Å²) in [5.41, 5.74) is 14.1. The molecule has 0 aliphatic heterocycles. The smallest absolute Gasteiger partial charge is 0.0547 e. The summed E-state index contributed by atoms with van der Waals surface area (Å²) in [6, 6.07) is 78.7. The van der Waals surface area contributed by atoms with Gasteiger partial charge in [-0.25, -0.2) is 0 Å². The van der Waals surface area contributed by atoms with Gasteiger partial charge in [-0.1, -0.05) is 152 Å². The van der Waals surface area contributed by atoms with Gasteiger partial charge in [0.2, 0.25) is 0 Å². The van der Waals surface area contributed by atoms with Crippen molar-refractivity contribution in [2.45, 2.75) is 0 Å². The van der Waals surface area contributed by atoms with Crippen molar-refractivity contribution >= 4 is 49.6 Å². The molecular weight excluding hydrogens is 653 g/mol. The molecule has 0 saturated heterocycles. The maximum absolute atomic E-state index is 2.40. The molecule has 10 aromatic rings. The van der Waals surface area contributed by atoms with E-state index in [0.29, 0.717) is 0 Å². The van der Waals surface area contributed by atoms with E-state index in [2.05, 4.69) is 228 Å². The third kappa shape index (κ3) is 5.62. The van der Waals surface area contributed by atoms with Gasteiger partial charge in [-0.05, 0) is 111 Å². The van der Waals surface area contributed by atoms with Crippen LogP contribution in [0.2, 0.25) is 0 Å². The molecule has 1 heterocycles. The molecule has 0 unspecified atom stereocenters. The third-order valence-corrected chi connectivity index (χ3v) is 10.6. The van der Waals surface area contributed by atoms with Gasteiger partial charge in [-0.3, -0.25) is 0 Å². The second-order valence-electron chi connectivity index (χ2n) is 13.8. The lowest BCUT2D eigenvalue weighted by Crippen LogP contribution is -2.09. The number of benzene rings is 9. The molecule has 0 aliphatic rings. The number of hydrogen-bond acceptors (Lipinski definition) is 1. The lowest BCUT2D eigenvalue weighted by molar-refractivity contribution is 1.18. The maximum Gasteiger partial charge on any atom is 0.0547 e. The Kier molecular flexibility index (Phi) is 7.85. The molecular formula is C52H36N2. The zero-order valence-electron chi connectivity index (χ0n) is 29.7. The first-order valence-corrected chi connectivity index (χ1v) is 18.5. The Labute approximate surface area is 315 Å². The van der Waals surface area contributed by atoms with Gasteiger partial charge in [-0.15, -0.1) is 0 Å². The number of para-hydroxylation sites is 2. The van der Waals surface area contributed by atoms with Crippen LogP contribution in [0.15, 0.2) is 218 Å². The van der Waals surface area contributed by atoms with E-state index in [9.17, 15) is 0 Å². The SMILES string of the molecule is c1ccc(-c2ccc(N(c3ccccc3)c3ccc(-c4ccccc4-c4ccc(-n5c6ccccc6c6cc7ccccc7cc65)cc4)cc3)cc2)cc1. The van der Waals surface area contributed by atoms with Crippen molar-refractivity contribution in [1.29, 1.82) is 0 Å². The van der Waals surface area contributed by atoms with Crippen LogP contribution < -0.4 is 4.90 Å². The molecule has 0 aliphatic carbocycles. The van der Waals surface area contributed by atoms with Crippen LogP contribution in [0, 0.1) is 0 Å². The number of hydrogen-bond donors (Lipinski definition) is 0. The standard InChI is InChI=1S/C52H36N2/c1-3-13-37(14-4-1)38-23-29-44(30-24-38)53(43-17-5-2-6-18-43)45-31-25-39(26-32-45)47-19-9-10-20-48(47)40-27-33-46(34-28-40)54-51-22-12-11-21-49(51)50-35-41-15-7-8-16-42(41)36-52(50)54/h1-36H. The molecule has 10 rings (SSSR count). The van der Waals surface area contributed by atoms with Crippen molar-refractivity contribution in [3.8, 4) is 39.1 Å². The molecule has 0 bridgehead atoms. The molecule has 0 spiro atoms. The van der Waals surface area contributed by atoms with Gasteiger partial charge < -0.3 is 9.47 Å². The van der Waals surface area contributed by atoms with Gasteiger partial charge in [-0.2, -0.15) is 0 Å². The molecule has 254 valence electrons. The maximum atomic E-state index is 2.40. The van der Waals surface area contributed by atoms with Crippen LogP contribution in [0.3, 0.4) is 0 Å². The van der Waals surface area contributed by atoms with Crippen LogP contribution in [-0.4, -0.2) is 4.57 Å². The number of fused-ring (bicyclic) bond motifs is 4. The van der Waals surface area contributed by atoms with Crippen LogP contribution in [0.1, 0.15) is 0 Å². The summed E-state index contributed by atoms with van der Waals surface area (Å²) in [7, 11) is 0. The Morgan fingerprint density at radius 1 is 0.296 bits per heavy atom. The van der Waals surface area contributed by atoms with Crippen LogP contribution in [0.25, 0.3) is 71.6 Å². The summed E-state index contributed by atoms with van der Waals surface area (Å²) in [5.74, 6) is 0. The topological polar surface area (TPSA) is 8.17 Å². The molecule has 0 atom stereocenters. The average molecular weight is 689 g/mol. The van der Waals surface area contributed by atoms with Crippen LogP contribution in [0.4, 0.5) is 17.1 Å². The molecule has 9 aromatic carbocycles. The highest BCUT2D eigenvalue weighted by molar-refractivity contribution is 6.13. The van der Waals surface area contributed by atoms with E-state index in [1.807, 2.05) is 0 Å². The summed E-state index contributed by atoms with van der Waals surface area (Å²) < 4.78 is 2.40. The van der Waals surface area contributed by atoms with Gasteiger partial charge in [0.1, 0.15) is 0 Å². The van der Waals surface area contributed by atoms with Crippen LogP contribution in [-0.2, 0) is 0 Å². The normalized spacial score (nSPS) is 11.3. The van der Waals surface area contributed by atoms with Gasteiger partial charge in [0.15, 0.2) is 0 Å². The monoisotopic (exact) mass is 688 g/mol. The van der Waals surface area contributed by atoms with Crippen molar-refractivity contribution in [3.63, 3.8) is 0 Å². The largest absolute Gasteiger partial charge is 0.311 e. The molecule has 0 saturated carbocycles. The number of nitrogens with zero attached hydrogens (tertiary/aromatic N) is 2. The lowest BCUT2D eigenvalue weighted by atomic mass is 9.94. The Morgan fingerprint density at radius 3 is 1.41 bits per heavy atom. The van der Waals surface area contributed by atoms with E-state index in [4.69, 9.17) is 0 Å². The molecule has 0 radical (unpaired) electrons. The van der Waals surface area contributed by atoms with E-state index in [0.717, 1.165) is 22.7 Å². The van der Waals surface area contributed by atoms with Gasteiger partial charge in [0, 0.05) is 33.5 Å². The van der Waals surface area contributed by atoms with Gasteiger partial charge in [0.25, 0.3) is 0 Å². The summed E-state index contributed by atoms with van der Waals surface area (Å²) >= 11 is 0. The van der Waals surface area contributed by atoms with E-state index in [-0.39, 0.29) is 0 Å². The molecule has 0 amide bonds. The van der Waals surface area contributed by atoms with Gasteiger partial charge >= 0.3 is 0 Å². The Hall–Kier alpha value is -7.16. The predicted octanol–water partition coefficient (Wildman–Crippen LogP) is 14.4. The fourth-order valence-corrected chi connectivity index (χ4v) is 7.96. The lowest BCUT2D eigenvalue weighted by Gasteiger charge is -2.26. The van der Waals surface area contributed by atoms with E-state index < -0.39 is 0 Å².